The molecule has 0 saturated carbocycles. The first-order chi connectivity index (χ1) is 6.74. The van der Waals surface area contributed by atoms with E-state index in [2.05, 4.69) is 15.5 Å². The van der Waals surface area contributed by atoms with Gasteiger partial charge in [-0.3, -0.25) is 0 Å². The van der Waals surface area contributed by atoms with Crippen molar-refractivity contribution in [2.75, 3.05) is 5.32 Å². The Morgan fingerprint density at radius 2 is 2.50 bits per heavy atom. The van der Waals surface area contributed by atoms with E-state index in [1.54, 1.807) is 5.38 Å². The van der Waals surface area contributed by atoms with Crippen LogP contribution in [0.2, 0.25) is 5.15 Å². The molecule has 4 nitrogen and oxygen atoms in total. The summed E-state index contributed by atoms with van der Waals surface area (Å²) in [7, 11) is 0. The summed E-state index contributed by atoms with van der Waals surface area (Å²) >= 11 is 7.13. The molecule has 2 heterocycles. The number of nitrogens with one attached hydrogen (secondary N) is 1. The van der Waals surface area contributed by atoms with Crippen LogP contribution in [0.3, 0.4) is 0 Å². The minimum absolute atomic E-state index is 0.508. The highest BCUT2D eigenvalue weighted by molar-refractivity contribution is 7.14. The van der Waals surface area contributed by atoms with E-state index in [9.17, 15) is 0 Å². The van der Waals surface area contributed by atoms with Crippen LogP contribution in [0.1, 0.15) is 11.5 Å². The smallest absolute Gasteiger partial charge is 0.184 e. The van der Waals surface area contributed by atoms with Gasteiger partial charge in [0.2, 0.25) is 0 Å². The lowest BCUT2D eigenvalue weighted by atomic mass is 10.4. The topological polar surface area (TPSA) is 51.0 Å². The second-order valence-corrected chi connectivity index (χ2v) is 4.00. The van der Waals surface area contributed by atoms with Crippen molar-refractivity contribution in [3.05, 3.63) is 28.1 Å². The summed E-state index contributed by atoms with van der Waals surface area (Å²) < 4.78 is 4.93. The molecule has 1 N–H and O–H groups in total. The highest BCUT2D eigenvalue weighted by Gasteiger charge is 2.02. The van der Waals surface area contributed by atoms with Crippen molar-refractivity contribution >= 4 is 28.1 Å². The Morgan fingerprint density at radius 3 is 3.07 bits per heavy atom. The maximum Gasteiger partial charge on any atom is 0.184 e. The lowest BCUT2D eigenvalue weighted by Gasteiger charge is -1.96. The monoisotopic (exact) mass is 229 g/mol. The van der Waals surface area contributed by atoms with E-state index < -0.39 is 0 Å². The largest absolute Gasteiger partial charge is 0.361 e. The predicted molar refractivity (Wildman–Crippen MR) is 55.7 cm³/mol. The summed E-state index contributed by atoms with van der Waals surface area (Å²) in [5.41, 5.74) is 0.855. The molecule has 14 heavy (non-hydrogen) atoms. The number of aryl methyl sites for hydroxylation is 1. The fourth-order valence-corrected chi connectivity index (χ4v) is 1.84. The van der Waals surface area contributed by atoms with Gasteiger partial charge in [-0.1, -0.05) is 16.8 Å². The van der Waals surface area contributed by atoms with Crippen LogP contribution in [0.5, 0.6) is 0 Å². The predicted octanol–water partition coefficient (Wildman–Crippen LogP) is 2.71. The zero-order valence-electron chi connectivity index (χ0n) is 7.45. The van der Waals surface area contributed by atoms with E-state index in [-0.39, 0.29) is 0 Å². The van der Waals surface area contributed by atoms with Crippen molar-refractivity contribution in [3.8, 4) is 0 Å². The molecule has 0 amide bonds. The van der Waals surface area contributed by atoms with Crippen molar-refractivity contribution in [2.45, 2.75) is 13.5 Å². The molecule has 0 aliphatic heterocycles. The van der Waals surface area contributed by atoms with Gasteiger partial charge in [-0.2, -0.15) is 0 Å². The third-order valence-electron chi connectivity index (χ3n) is 1.57. The molecule has 0 bridgehead atoms. The molecule has 2 aromatic rings. The molecule has 6 heteroatoms. The number of rotatable bonds is 3. The first-order valence-electron chi connectivity index (χ1n) is 4.01. The van der Waals surface area contributed by atoms with Gasteiger partial charge in [0.05, 0.1) is 6.54 Å². The number of thiazole rings is 1. The zero-order valence-corrected chi connectivity index (χ0v) is 9.02. The van der Waals surface area contributed by atoms with E-state index in [1.165, 1.54) is 11.3 Å². The van der Waals surface area contributed by atoms with Gasteiger partial charge in [0, 0.05) is 11.4 Å². The summed E-state index contributed by atoms with van der Waals surface area (Å²) in [4.78, 5) is 4.05. The van der Waals surface area contributed by atoms with Crippen molar-refractivity contribution in [3.63, 3.8) is 0 Å². The Labute approximate surface area is 89.9 Å². The molecule has 0 radical (unpaired) electrons. The van der Waals surface area contributed by atoms with E-state index in [4.69, 9.17) is 16.1 Å². The maximum absolute atomic E-state index is 5.67. The van der Waals surface area contributed by atoms with Crippen molar-refractivity contribution in [2.24, 2.45) is 0 Å². The van der Waals surface area contributed by atoms with Gasteiger partial charge in [0.1, 0.15) is 16.6 Å². The fraction of sp³-hybridized carbons (Fsp3) is 0.250. The van der Waals surface area contributed by atoms with Crippen molar-refractivity contribution in [1.29, 1.82) is 0 Å². The summed E-state index contributed by atoms with van der Waals surface area (Å²) in [5, 5.41) is 10.0. The Morgan fingerprint density at radius 1 is 1.64 bits per heavy atom. The second-order valence-electron chi connectivity index (χ2n) is 2.76. The van der Waals surface area contributed by atoms with Gasteiger partial charge in [-0.25, -0.2) is 4.98 Å². The van der Waals surface area contributed by atoms with Crippen LogP contribution in [0.4, 0.5) is 5.13 Å². The molecule has 0 aromatic carbocycles. The molecule has 0 aliphatic carbocycles. The van der Waals surface area contributed by atoms with Gasteiger partial charge in [-0.05, 0) is 6.92 Å². The van der Waals surface area contributed by atoms with Crippen LogP contribution in [0.25, 0.3) is 0 Å². The number of hydrogen-bond acceptors (Lipinski definition) is 5. The standard InChI is InChI=1S/C8H8ClN3OS/c1-5-2-6(12-13-5)3-10-8-11-7(9)4-14-8/h2,4H,3H2,1H3,(H,10,11). The van der Waals surface area contributed by atoms with E-state index >= 15 is 0 Å². The molecule has 0 fully saturated rings. The third kappa shape index (κ3) is 2.24. The molecule has 2 rings (SSSR count). The van der Waals surface area contributed by atoms with Gasteiger partial charge >= 0.3 is 0 Å². The van der Waals surface area contributed by atoms with Gasteiger partial charge < -0.3 is 9.84 Å². The van der Waals surface area contributed by atoms with Crippen molar-refractivity contribution in [1.82, 2.24) is 10.1 Å². The lowest BCUT2D eigenvalue weighted by Crippen LogP contribution is -1.98. The van der Waals surface area contributed by atoms with Crippen LogP contribution in [0, 0.1) is 6.92 Å². The maximum atomic E-state index is 5.67. The molecular weight excluding hydrogens is 222 g/mol. The fourth-order valence-electron chi connectivity index (χ4n) is 1.00. The van der Waals surface area contributed by atoms with Crippen LogP contribution >= 0.6 is 22.9 Å². The minimum atomic E-state index is 0.508. The number of halogens is 1. The lowest BCUT2D eigenvalue weighted by molar-refractivity contribution is 0.391. The Bertz CT molecular complexity index is 385. The number of hydrogen-bond donors (Lipinski definition) is 1. The Hall–Kier alpha value is -1.07. The zero-order chi connectivity index (χ0) is 9.97. The SMILES string of the molecule is Cc1cc(CNc2nc(Cl)cs2)no1. The molecule has 0 atom stereocenters. The molecule has 0 saturated heterocycles. The van der Waals surface area contributed by atoms with Crippen LogP contribution < -0.4 is 5.32 Å². The van der Waals surface area contributed by atoms with E-state index in [0.29, 0.717) is 11.7 Å². The highest BCUT2D eigenvalue weighted by Crippen LogP contribution is 2.19. The van der Waals surface area contributed by atoms with Crippen molar-refractivity contribution < 1.29 is 4.52 Å². The number of anilines is 1. The molecule has 74 valence electrons. The number of nitrogens with zero attached hydrogens (tertiary/aromatic N) is 2. The van der Waals surface area contributed by atoms with Gasteiger partial charge in [0.15, 0.2) is 5.13 Å². The normalized spacial score (nSPS) is 10.4. The molecule has 0 aliphatic rings. The first-order valence-corrected chi connectivity index (χ1v) is 5.27. The first kappa shape index (κ1) is 9.48. The highest BCUT2D eigenvalue weighted by atomic mass is 35.5. The van der Waals surface area contributed by atoms with Gasteiger partial charge in [-0.15, -0.1) is 11.3 Å². The van der Waals surface area contributed by atoms with Crippen LogP contribution in [-0.2, 0) is 6.54 Å². The second kappa shape index (κ2) is 3.98. The average Bonchev–Trinajstić information content (AvgIpc) is 2.72. The third-order valence-corrected chi connectivity index (χ3v) is 2.70. The molecule has 2 aromatic heterocycles. The minimum Gasteiger partial charge on any atom is -0.361 e. The van der Waals surface area contributed by atoms with E-state index in [0.717, 1.165) is 16.6 Å². The summed E-state index contributed by atoms with van der Waals surface area (Å²) in [6.07, 6.45) is 0. The Balaban J connectivity index is 1.94. The van der Waals surface area contributed by atoms with E-state index in [1.807, 2.05) is 13.0 Å². The van der Waals surface area contributed by atoms with Crippen LogP contribution in [0.15, 0.2) is 16.0 Å². The molecule has 0 spiro atoms. The average molecular weight is 230 g/mol. The quantitative estimate of drug-likeness (QED) is 0.879. The van der Waals surface area contributed by atoms with Crippen LogP contribution in [-0.4, -0.2) is 10.1 Å². The van der Waals surface area contributed by atoms with Gasteiger partial charge in [0.25, 0.3) is 0 Å². The Kier molecular flexibility index (Phi) is 2.69. The number of aromatic nitrogens is 2. The summed E-state index contributed by atoms with van der Waals surface area (Å²) in [6.45, 7) is 2.46. The summed E-state index contributed by atoms with van der Waals surface area (Å²) in [6, 6.07) is 1.88. The molecular formula is C8H8ClN3OS. The molecule has 0 unspecified atom stereocenters. The summed E-state index contributed by atoms with van der Waals surface area (Å²) in [5.74, 6) is 0.805.